The summed E-state index contributed by atoms with van der Waals surface area (Å²) in [6.45, 7) is 1.56. The molecule has 3 rings (SSSR count). The first-order valence-electron chi connectivity index (χ1n) is 6.79. The molecule has 0 unspecified atom stereocenters. The molecule has 8 heteroatoms. The third-order valence-electron chi connectivity index (χ3n) is 4.45. The van der Waals surface area contributed by atoms with Gasteiger partial charge in [-0.3, -0.25) is 10.2 Å². The van der Waals surface area contributed by atoms with Crippen molar-refractivity contribution in [3.63, 3.8) is 0 Å². The Morgan fingerprint density at radius 2 is 2.29 bits per heavy atom. The van der Waals surface area contributed by atoms with Crippen molar-refractivity contribution in [3.05, 3.63) is 11.3 Å². The van der Waals surface area contributed by atoms with Gasteiger partial charge in [0.2, 0.25) is 5.91 Å². The summed E-state index contributed by atoms with van der Waals surface area (Å²) in [5, 5.41) is 26.6. The van der Waals surface area contributed by atoms with Gasteiger partial charge in [-0.25, -0.2) is 4.79 Å². The average Bonchev–Trinajstić information content (AvgIpc) is 2.99. The molecule has 1 amide bonds. The van der Waals surface area contributed by atoms with Crippen LogP contribution >= 0.6 is 11.8 Å². The molecule has 3 N–H and O–H groups in total. The van der Waals surface area contributed by atoms with E-state index in [1.54, 1.807) is 23.6 Å². The first kappa shape index (κ1) is 14.4. The molecule has 2 fully saturated rings. The molecule has 3 heterocycles. The number of carboxylic acid groups (broad SMARTS) is 1. The maximum absolute atomic E-state index is 12.1. The second-order valence-corrected chi connectivity index (χ2v) is 6.58. The van der Waals surface area contributed by atoms with Crippen LogP contribution in [-0.4, -0.2) is 68.0 Å². The number of hydrogen-bond donors (Lipinski definition) is 3. The molecule has 0 aliphatic carbocycles. The minimum atomic E-state index is -1.10. The fraction of sp³-hybridized carbons (Fsp3) is 0.615. The number of carboxylic acids is 1. The van der Waals surface area contributed by atoms with Crippen LogP contribution in [0.2, 0.25) is 0 Å². The van der Waals surface area contributed by atoms with Gasteiger partial charge in [-0.15, -0.1) is 11.8 Å². The number of hydrogen-bond acceptors (Lipinski definition) is 5. The van der Waals surface area contributed by atoms with Gasteiger partial charge in [0.25, 0.3) is 0 Å². The lowest BCUT2D eigenvalue weighted by atomic mass is 9.82. The van der Waals surface area contributed by atoms with E-state index >= 15 is 0 Å². The lowest BCUT2D eigenvalue weighted by molar-refractivity contribution is -0.161. The highest BCUT2D eigenvalue weighted by atomic mass is 32.2. The Morgan fingerprint density at radius 3 is 2.86 bits per heavy atom. The number of aliphatic hydroxyl groups excluding tert-OH is 1. The third kappa shape index (κ3) is 1.96. The summed E-state index contributed by atoms with van der Waals surface area (Å²) < 4.78 is 0. The van der Waals surface area contributed by atoms with Gasteiger partial charge >= 0.3 is 5.97 Å². The Bertz CT molecular complexity index is 548. The van der Waals surface area contributed by atoms with E-state index in [4.69, 9.17) is 5.41 Å². The maximum atomic E-state index is 12.1. The number of aliphatic carboxylic acids is 1. The largest absolute Gasteiger partial charge is 0.477 e. The lowest BCUT2D eigenvalue weighted by Gasteiger charge is -2.44. The Kier molecular flexibility index (Phi) is 3.45. The van der Waals surface area contributed by atoms with E-state index in [-0.39, 0.29) is 23.7 Å². The number of thioether (sulfide) groups is 1. The zero-order valence-corrected chi connectivity index (χ0v) is 12.3. The number of amides is 1. The summed E-state index contributed by atoms with van der Waals surface area (Å²) >= 11 is 1.64. The lowest BCUT2D eigenvalue weighted by Crippen LogP contribution is -2.61. The Hall–Kier alpha value is -1.54. The number of nitrogens with one attached hydrogen (secondary N) is 1. The Balaban J connectivity index is 1.95. The van der Waals surface area contributed by atoms with Crippen LogP contribution in [0.15, 0.2) is 11.3 Å². The van der Waals surface area contributed by atoms with E-state index in [0.717, 1.165) is 5.75 Å². The van der Waals surface area contributed by atoms with Crippen molar-refractivity contribution < 1.29 is 19.8 Å². The van der Waals surface area contributed by atoms with Gasteiger partial charge in [-0.2, -0.15) is 0 Å². The van der Waals surface area contributed by atoms with E-state index in [2.05, 4.69) is 0 Å². The zero-order chi connectivity index (χ0) is 15.3. The van der Waals surface area contributed by atoms with Gasteiger partial charge in [-0.1, -0.05) is 0 Å². The van der Waals surface area contributed by atoms with Crippen molar-refractivity contribution in [3.8, 4) is 0 Å². The Labute approximate surface area is 126 Å². The summed E-state index contributed by atoms with van der Waals surface area (Å²) in [5.41, 5.74) is 0.763. The van der Waals surface area contributed by atoms with Crippen LogP contribution in [0.1, 0.15) is 13.3 Å². The summed E-state index contributed by atoms with van der Waals surface area (Å²) in [6, 6.07) is -0.400. The van der Waals surface area contributed by atoms with Crippen molar-refractivity contribution in [1.29, 1.82) is 5.41 Å². The number of aliphatic hydroxyl groups is 1. The van der Waals surface area contributed by atoms with Crippen LogP contribution in [0.3, 0.4) is 0 Å². The molecular weight excluding hydrogens is 294 g/mol. The standard InChI is InChI=1S/C13H17N3O4S/c1-6(17)10-8-2-7(9-3-21-5-15(9)4-14)11(13(19)20)16(8)12(10)18/h4,6,8-10,14,17H,2-3,5H2,1H3,(H,19,20)/t6-,8-,9+,10-/m1/s1. The van der Waals surface area contributed by atoms with Gasteiger partial charge in [0, 0.05) is 5.75 Å². The predicted molar refractivity (Wildman–Crippen MR) is 76.8 cm³/mol. The van der Waals surface area contributed by atoms with E-state index in [9.17, 15) is 19.8 Å². The van der Waals surface area contributed by atoms with Crippen molar-refractivity contribution in [2.24, 2.45) is 5.92 Å². The highest BCUT2D eigenvalue weighted by Gasteiger charge is 2.57. The van der Waals surface area contributed by atoms with Crippen LogP contribution in [-0.2, 0) is 9.59 Å². The molecule has 114 valence electrons. The van der Waals surface area contributed by atoms with Crippen molar-refractivity contribution in [2.75, 3.05) is 11.6 Å². The van der Waals surface area contributed by atoms with Crippen molar-refractivity contribution in [2.45, 2.75) is 31.5 Å². The van der Waals surface area contributed by atoms with Gasteiger partial charge < -0.3 is 20.0 Å². The van der Waals surface area contributed by atoms with E-state index in [0.29, 0.717) is 17.9 Å². The summed E-state index contributed by atoms with van der Waals surface area (Å²) in [4.78, 5) is 26.8. The van der Waals surface area contributed by atoms with Crippen LogP contribution in [0, 0.1) is 11.3 Å². The minimum absolute atomic E-state index is 0.0567. The first-order valence-corrected chi connectivity index (χ1v) is 7.94. The fourth-order valence-corrected chi connectivity index (χ4v) is 4.67. The molecule has 0 bridgehead atoms. The van der Waals surface area contributed by atoms with Gasteiger partial charge in [0.15, 0.2) is 0 Å². The van der Waals surface area contributed by atoms with Gasteiger partial charge in [0.05, 0.1) is 36.3 Å². The van der Waals surface area contributed by atoms with Crippen molar-refractivity contribution in [1.82, 2.24) is 9.80 Å². The zero-order valence-electron chi connectivity index (χ0n) is 11.5. The molecule has 0 aromatic rings. The molecule has 4 atom stereocenters. The quantitative estimate of drug-likeness (QED) is 0.381. The molecule has 3 aliphatic rings. The summed E-state index contributed by atoms with van der Waals surface area (Å²) in [5.74, 6) is -0.556. The number of fused-ring (bicyclic) bond motifs is 1. The SMILES string of the molecule is C[C@@H](O)[C@H]1C(=O)N2C(C(=O)O)=C([C@@H]3CSCN3C=N)C[C@H]12. The Morgan fingerprint density at radius 1 is 1.57 bits per heavy atom. The number of carbonyl (C=O) groups is 2. The van der Waals surface area contributed by atoms with Crippen molar-refractivity contribution >= 4 is 30.0 Å². The monoisotopic (exact) mass is 311 g/mol. The van der Waals surface area contributed by atoms with Gasteiger partial charge in [0.1, 0.15) is 5.70 Å². The number of rotatable bonds is 4. The molecule has 21 heavy (non-hydrogen) atoms. The van der Waals surface area contributed by atoms with Crippen LogP contribution in [0.25, 0.3) is 0 Å². The maximum Gasteiger partial charge on any atom is 0.352 e. The molecule has 7 nitrogen and oxygen atoms in total. The molecule has 3 aliphatic heterocycles. The average molecular weight is 311 g/mol. The molecule has 0 saturated carbocycles. The van der Waals surface area contributed by atoms with Crippen LogP contribution in [0.5, 0.6) is 0 Å². The number of carbonyl (C=O) groups excluding carboxylic acids is 1. The van der Waals surface area contributed by atoms with Crippen LogP contribution in [0.4, 0.5) is 0 Å². The number of β-lactam (4-membered cyclic amide) rings is 1. The normalized spacial score (nSPS) is 33.0. The van der Waals surface area contributed by atoms with E-state index in [1.807, 2.05) is 0 Å². The van der Waals surface area contributed by atoms with E-state index in [1.165, 1.54) is 11.2 Å². The molecule has 0 spiro atoms. The molecule has 0 aromatic carbocycles. The third-order valence-corrected chi connectivity index (χ3v) is 5.48. The molecule has 2 saturated heterocycles. The fourth-order valence-electron chi connectivity index (χ4n) is 3.48. The van der Waals surface area contributed by atoms with Crippen LogP contribution < -0.4 is 0 Å². The predicted octanol–water partition coefficient (Wildman–Crippen LogP) is -0.0814. The highest BCUT2D eigenvalue weighted by Crippen LogP contribution is 2.46. The molecule has 0 aromatic heterocycles. The first-order chi connectivity index (χ1) is 9.97. The smallest absolute Gasteiger partial charge is 0.352 e. The second-order valence-electron chi connectivity index (χ2n) is 5.58. The summed E-state index contributed by atoms with van der Waals surface area (Å²) in [7, 11) is 0. The number of nitrogens with zero attached hydrogens (tertiary/aromatic N) is 2. The second kappa shape index (κ2) is 5.03. The molecular formula is C13H17N3O4S. The molecule has 0 radical (unpaired) electrons. The minimum Gasteiger partial charge on any atom is -0.477 e. The van der Waals surface area contributed by atoms with Gasteiger partial charge in [-0.05, 0) is 18.9 Å². The highest BCUT2D eigenvalue weighted by molar-refractivity contribution is 7.99. The topological polar surface area (TPSA) is 105 Å². The summed E-state index contributed by atoms with van der Waals surface area (Å²) in [6.07, 6.45) is 0.920. The van der Waals surface area contributed by atoms with E-state index < -0.39 is 18.0 Å².